The molecule has 15 heteroatoms. The summed E-state index contributed by atoms with van der Waals surface area (Å²) in [4.78, 5) is 14.6. The molecule has 0 aromatic heterocycles. The molecule has 0 radical (unpaired) electrons. The number of carbonyl (C=O) groups is 1. The van der Waals surface area contributed by atoms with Crippen molar-refractivity contribution >= 4 is 16.0 Å². The minimum absolute atomic E-state index is 0.0135. The van der Waals surface area contributed by atoms with Crippen LogP contribution in [0.4, 0.5) is 17.6 Å². The molecule has 2 aromatic rings. The van der Waals surface area contributed by atoms with Gasteiger partial charge in [0, 0.05) is 38.1 Å². The lowest BCUT2D eigenvalue weighted by molar-refractivity contribution is -0.172. The van der Waals surface area contributed by atoms with Gasteiger partial charge in [0.1, 0.15) is 6.61 Å². The number of aliphatic carboxylic acids is 1. The van der Waals surface area contributed by atoms with E-state index in [-0.39, 0.29) is 38.7 Å². The Morgan fingerprint density at radius 1 is 1.12 bits per heavy atom. The molecule has 2 aliphatic heterocycles. The summed E-state index contributed by atoms with van der Waals surface area (Å²) in [5, 5.41) is 10.4. The number of nitrogens with zero attached hydrogens (tertiary/aromatic N) is 2. The Morgan fingerprint density at radius 3 is 2.49 bits per heavy atom. The van der Waals surface area contributed by atoms with Gasteiger partial charge in [0.05, 0.1) is 25.4 Å². The van der Waals surface area contributed by atoms with E-state index in [4.69, 9.17) is 14.2 Å². The van der Waals surface area contributed by atoms with Crippen molar-refractivity contribution in [3.63, 3.8) is 0 Å². The van der Waals surface area contributed by atoms with Crippen molar-refractivity contribution in [2.24, 2.45) is 5.92 Å². The van der Waals surface area contributed by atoms with Gasteiger partial charge in [0.25, 0.3) is 0 Å². The number of benzene rings is 2. The Labute approximate surface area is 247 Å². The second-order valence-corrected chi connectivity index (χ2v) is 12.4. The van der Waals surface area contributed by atoms with E-state index in [1.54, 1.807) is 36.1 Å². The smallest absolute Gasteiger partial charge is 0.411 e. The second kappa shape index (κ2) is 13.7. The molecule has 238 valence electrons. The predicted octanol–water partition coefficient (Wildman–Crippen LogP) is 4.03. The first-order valence-electron chi connectivity index (χ1n) is 13.7. The van der Waals surface area contributed by atoms with E-state index in [0.717, 1.165) is 0 Å². The Balaban J connectivity index is 1.61. The summed E-state index contributed by atoms with van der Waals surface area (Å²) in [6.45, 7) is -0.0769. The Hall–Kier alpha value is -3.14. The maximum absolute atomic E-state index is 14.8. The number of ether oxygens (including phenoxy) is 4. The van der Waals surface area contributed by atoms with E-state index < -0.39 is 64.8 Å². The molecular weight excluding hydrogens is 600 g/mol. The topological polar surface area (TPSA) is 115 Å². The van der Waals surface area contributed by atoms with E-state index in [1.807, 2.05) is 0 Å². The normalized spacial score (nSPS) is 20.6. The summed E-state index contributed by atoms with van der Waals surface area (Å²) >= 11 is 0. The Morgan fingerprint density at radius 2 is 1.84 bits per heavy atom. The largest absolute Gasteiger partial charge is 0.494 e. The van der Waals surface area contributed by atoms with Gasteiger partial charge in [-0.2, -0.15) is 13.2 Å². The first-order valence-corrected chi connectivity index (χ1v) is 15.3. The van der Waals surface area contributed by atoms with Gasteiger partial charge in [0.15, 0.2) is 23.1 Å². The molecule has 2 aliphatic rings. The van der Waals surface area contributed by atoms with Crippen molar-refractivity contribution < 1.29 is 54.8 Å². The molecule has 2 heterocycles. The van der Waals surface area contributed by atoms with Crippen LogP contribution in [0.3, 0.4) is 0 Å². The summed E-state index contributed by atoms with van der Waals surface area (Å²) < 4.78 is 99.8. The van der Waals surface area contributed by atoms with Crippen molar-refractivity contribution in [3.8, 4) is 17.2 Å². The summed E-state index contributed by atoms with van der Waals surface area (Å²) in [5.74, 6) is -3.07. The number of methoxy groups -OCH3 is 1. The molecule has 0 saturated carbocycles. The maximum Gasteiger partial charge on any atom is 0.411 e. The highest BCUT2D eigenvalue weighted by atomic mass is 32.2. The van der Waals surface area contributed by atoms with E-state index >= 15 is 0 Å². The average Bonchev–Trinajstić information content (AvgIpc) is 3.57. The minimum atomic E-state index is -4.58. The molecule has 0 amide bonds. The fourth-order valence-electron chi connectivity index (χ4n) is 5.57. The quantitative estimate of drug-likeness (QED) is 0.243. The van der Waals surface area contributed by atoms with Crippen LogP contribution in [0.15, 0.2) is 36.4 Å². The molecule has 0 aliphatic carbocycles. The first-order chi connectivity index (χ1) is 20.3. The summed E-state index contributed by atoms with van der Waals surface area (Å²) in [5.41, 5.74) is 1.04. The number of rotatable bonds is 14. The molecule has 1 N–H and O–H groups in total. The minimum Gasteiger partial charge on any atom is -0.494 e. The molecule has 0 unspecified atom stereocenters. The number of fused-ring (bicyclic) bond motifs is 1. The zero-order chi connectivity index (χ0) is 31.4. The van der Waals surface area contributed by atoms with Crippen LogP contribution in [0.1, 0.15) is 36.4 Å². The second-order valence-electron chi connectivity index (χ2n) is 10.3. The SMILES string of the molecule is CCCN(CCN1C[C@H](c2ccc3c(c2)OCO3)[C@H](C(=O)O)[C@H]1c1ccc(OC)c(F)c1)S(=O)(=O)CCOCC(F)(F)F. The van der Waals surface area contributed by atoms with Crippen LogP contribution < -0.4 is 14.2 Å². The van der Waals surface area contributed by atoms with Crippen LogP contribution in [-0.2, 0) is 19.6 Å². The van der Waals surface area contributed by atoms with Crippen LogP contribution in [0, 0.1) is 11.7 Å². The number of likely N-dealkylation sites (tertiary alicyclic amines) is 1. The molecule has 2 aromatic carbocycles. The van der Waals surface area contributed by atoms with Gasteiger partial charge in [-0.1, -0.05) is 19.1 Å². The summed E-state index contributed by atoms with van der Waals surface area (Å²) in [6, 6.07) is 8.52. The van der Waals surface area contributed by atoms with Crippen LogP contribution >= 0.6 is 0 Å². The first kappa shape index (κ1) is 32.8. The molecular formula is C28H34F4N2O8S. The predicted molar refractivity (Wildman–Crippen MR) is 146 cm³/mol. The highest BCUT2D eigenvalue weighted by molar-refractivity contribution is 7.89. The monoisotopic (exact) mass is 634 g/mol. The fourth-order valence-corrected chi connectivity index (χ4v) is 6.97. The Kier molecular flexibility index (Phi) is 10.4. The van der Waals surface area contributed by atoms with Crippen LogP contribution in [0.2, 0.25) is 0 Å². The lowest BCUT2D eigenvalue weighted by atomic mass is 9.82. The molecule has 3 atom stereocenters. The van der Waals surface area contributed by atoms with E-state index in [9.17, 15) is 35.9 Å². The van der Waals surface area contributed by atoms with Gasteiger partial charge in [-0.15, -0.1) is 0 Å². The van der Waals surface area contributed by atoms with Gasteiger partial charge < -0.3 is 24.1 Å². The lowest BCUT2D eigenvalue weighted by Crippen LogP contribution is -2.41. The third-order valence-electron chi connectivity index (χ3n) is 7.48. The molecule has 1 saturated heterocycles. The zero-order valence-corrected chi connectivity index (χ0v) is 24.5. The number of alkyl halides is 3. The zero-order valence-electron chi connectivity index (χ0n) is 23.7. The van der Waals surface area contributed by atoms with Gasteiger partial charge in [-0.3, -0.25) is 9.69 Å². The number of hydrogen-bond donors (Lipinski definition) is 1. The molecule has 43 heavy (non-hydrogen) atoms. The Bertz CT molecular complexity index is 1390. The molecule has 0 bridgehead atoms. The standard InChI is InChI=1S/C28H34F4N2O8S/c1-3-8-34(43(37,38)12-11-40-16-28(30,31)32)10-9-33-15-20(18-4-7-23-24(14-18)42-17-41-23)25(27(35)36)26(33)19-5-6-22(39-2)21(29)13-19/h4-7,13-14,20,25-26H,3,8-12,15-17H2,1-2H3,(H,35,36)/t20-,25+,26-/m1/s1. The van der Waals surface area contributed by atoms with E-state index in [2.05, 4.69) is 4.74 Å². The van der Waals surface area contributed by atoms with Crippen LogP contribution in [-0.4, -0.2) is 93.9 Å². The number of sulfonamides is 1. The van der Waals surface area contributed by atoms with Gasteiger partial charge in [-0.25, -0.2) is 17.1 Å². The van der Waals surface area contributed by atoms with Crippen molar-refractivity contribution in [3.05, 3.63) is 53.3 Å². The average molecular weight is 635 g/mol. The van der Waals surface area contributed by atoms with Crippen molar-refractivity contribution in [1.29, 1.82) is 0 Å². The molecule has 1 fully saturated rings. The fraction of sp³-hybridized carbons (Fsp3) is 0.536. The van der Waals surface area contributed by atoms with Crippen molar-refractivity contribution in [2.75, 3.05) is 59.0 Å². The van der Waals surface area contributed by atoms with E-state index in [1.165, 1.54) is 23.5 Å². The van der Waals surface area contributed by atoms with Crippen LogP contribution in [0.25, 0.3) is 0 Å². The number of carboxylic acids is 1. The van der Waals surface area contributed by atoms with Gasteiger partial charge >= 0.3 is 12.1 Å². The van der Waals surface area contributed by atoms with Crippen molar-refractivity contribution in [2.45, 2.75) is 31.5 Å². The third-order valence-corrected chi connectivity index (χ3v) is 9.31. The molecule has 0 spiro atoms. The van der Waals surface area contributed by atoms with E-state index in [0.29, 0.717) is 29.0 Å². The van der Waals surface area contributed by atoms with Crippen LogP contribution in [0.5, 0.6) is 17.2 Å². The molecule has 10 nitrogen and oxygen atoms in total. The summed E-state index contributed by atoms with van der Waals surface area (Å²) in [6.07, 6.45) is -4.14. The highest BCUT2D eigenvalue weighted by Gasteiger charge is 2.48. The number of carboxylic acid groups (broad SMARTS) is 1. The molecule has 4 rings (SSSR count). The summed E-state index contributed by atoms with van der Waals surface area (Å²) in [7, 11) is -2.69. The highest BCUT2D eigenvalue weighted by Crippen LogP contribution is 2.48. The van der Waals surface area contributed by atoms with Gasteiger partial charge in [-0.05, 0) is 41.8 Å². The third kappa shape index (κ3) is 7.88. The van der Waals surface area contributed by atoms with Crippen molar-refractivity contribution in [1.82, 2.24) is 9.21 Å². The number of halogens is 4. The lowest BCUT2D eigenvalue weighted by Gasteiger charge is -2.30. The van der Waals surface area contributed by atoms with Gasteiger partial charge in [0.2, 0.25) is 16.8 Å². The maximum atomic E-state index is 14.8. The number of hydrogen-bond acceptors (Lipinski definition) is 8.